The number of benzene rings is 1. The van der Waals surface area contributed by atoms with Gasteiger partial charge in [-0.1, -0.05) is 32.5 Å². The minimum absolute atomic E-state index is 0.128. The number of anilines is 1. The number of allylic oxidation sites excluding steroid dienone is 1. The summed E-state index contributed by atoms with van der Waals surface area (Å²) >= 11 is 1.20. The van der Waals surface area contributed by atoms with Crippen LogP contribution < -0.4 is 10.1 Å². The molecule has 1 heterocycles. The SMILES string of the molecule is COc1cc([N+](=O)[O-])ccc1NC(=O)CN1C(=O)CS/C1=C\C(=O)C(C)(C)C. The van der Waals surface area contributed by atoms with Crippen molar-refractivity contribution in [3.05, 3.63) is 39.4 Å². The predicted octanol–water partition coefficient (Wildman–Crippen LogP) is 2.57. The molecule has 1 fully saturated rings. The Bertz CT molecular complexity index is 859. The number of nitrogens with zero attached hydrogens (tertiary/aromatic N) is 2. The Morgan fingerprint density at radius 1 is 1.39 bits per heavy atom. The van der Waals surface area contributed by atoms with Crippen LogP contribution in [0.5, 0.6) is 5.75 Å². The molecule has 0 aromatic heterocycles. The highest BCUT2D eigenvalue weighted by molar-refractivity contribution is 8.04. The number of thioether (sulfide) groups is 1. The molecule has 28 heavy (non-hydrogen) atoms. The third-order valence-corrected chi connectivity index (χ3v) is 4.90. The highest BCUT2D eigenvalue weighted by atomic mass is 32.2. The summed E-state index contributed by atoms with van der Waals surface area (Å²) in [4.78, 5) is 48.3. The standard InChI is InChI=1S/C18H21N3O6S/c1-18(2,3)14(22)8-17-20(16(24)10-28-17)9-15(23)19-12-6-5-11(21(25)26)7-13(12)27-4/h5-8H,9-10H2,1-4H3,(H,19,23)/b17-8-. The molecule has 1 saturated heterocycles. The number of nitrogens with one attached hydrogen (secondary N) is 1. The predicted molar refractivity (Wildman–Crippen MR) is 105 cm³/mol. The Hall–Kier alpha value is -2.88. The zero-order chi connectivity index (χ0) is 21.1. The molecule has 150 valence electrons. The molecule has 0 radical (unpaired) electrons. The number of non-ortho nitro benzene ring substituents is 1. The molecule has 1 aliphatic rings. The Balaban J connectivity index is 2.15. The first-order valence-electron chi connectivity index (χ1n) is 8.34. The molecule has 0 unspecified atom stereocenters. The number of ketones is 1. The van der Waals surface area contributed by atoms with Gasteiger partial charge in [-0.05, 0) is 6.07 Å². The lowest BCUT2D eigenvalue weighted by Crippen LogP contribution is -2.34. The summed E-state index contributed by atoms with van der Waals surface area (Å²) in [6, 6.07) is 3.79. The fourth-order valence-corrected chi connectivity index (χ4v) is 3.20. The molecule has 10 heteroatoms. The van der Waals surface area contributed by atoms with Crippen molar-refractivity contribution in [2.24, 2.45) is 5.41 Å². The zero-order valence-corrected chi connectivity index (χ0v) is 16.8. The zero-order valence-electron chi connectivity index (χ0n) is 16.0. The van der Waals surface area contributed by atoms with Gasteiger partial charge in [0.15, 0.2) is 5.78 Å². The summed E-state index contributed by atoms with van der Waals surface area (Å²) in [6.07, 6.45) is 1.38. The molecule has 0 aliphatic carbocycles. The van der Waals surface area contributed by atoms with Crippen LogP contribution in [0.3, 0.4) is 0 Å². The lowest BCUT2D eigenvalue weighted by Gasteiger charge is -2.19. The van der Waals surface area contributed by atoms with Crippen LogP contribution in [0.25, 0.3) is 0 Å². The minimum Gasteiger partial charge on any atom is -0.494 e. The van der Waals surface area contributed by atoms with Gasteiger partial charge in [-0.2, -0.15) is 0 Å². The lowest BCUT2D eigenvalue weighted by atomic mass is 9.91. The van der Waals surface area contributed by atoms with Crippen molar-refractivity contribution in [2.45, 2.75) is 20.8 Å². The number of nitro benzene ring substituents is 1. The van der Waals surface area contributed by atoms with Gasteiger partial charge in [-0.15, -0.1) is 0 Å². The number of methoxy groups -OCH3 is 1. The van der Waals surface area contributed by atoms with Crippen LogP contribution in [-0.2, 0) is 14.4 Å². The number of carbonyl (C=O) groups excluding carboxylic acids is 3. The second-order valence-corrected chi connectivity index (χ2v) is 8.05. The van der Waals surface area contributed by atoms with Gasteiger partial charge in [-0.25, -0.2) is 0 Å². The number of rotatable bonds is 6. The Morgan fingerprint density at radius 3 is 2.64 bits per heavy atom. The van der Waals surface area contributed by atoms with Gasteiger partial charge >= 0.3 is 0 Å². The quantitative estimate of drug-likeness (QED) is 0.437. The van der Waals surface area contributed by atoms with Gasteiger partial charge < -0.3 is 10.1 Å². The number of carbonyl (C=O) groups is 3. The van der Waals surface area contributed by atoms with E-state index in [0.29, 0.717) is 5.03 Å². The van der Waals surface area contributed by atoms with Gasteiger partial charge in [0.2, 0.25) is 11.8 Å². The smallest absolute Gasteiger partial charge is 0.273 e. The average molecular weight is 407 g/mol. The lowest BCUT2D eigenvalue weighted by molar-refractivity contribution is -0.384. The molecular formula is C18H21N3O6S. The summed E-state index contributed by atoms with van der Waals surface area (Å²) < 4.78 is 5.08. The van der Waals surface area contributed by atoms with E-state index in [1.165, 1.54) is 48.0 Å². The highest BCUT2D eigenvalue weighted by Crippen LogP contribution is 2.31. The van der Waals surface area contributed by atoms with Crippen molar-refractivity contribution in [2.75, 3.05) is 24.7 Å². The van der Waals surface area contributed by atoms with E-state index >= 15 is 0 Å². The summed E-state index contributed by atoms with van der Waals surface area (Å²) in [7, 11) is 1.33. The monoisotopic (exact) mass is 407 g/mol. The van der Waals surface area contributed by atoms with Gasteiger partial charge in [0.25, 0.3) is 5.69 Å². The van der Waals surface area contributed by atoms with E-state index in [1.54, 1.807) is 20.8 Å². The van der Waals surface area contributed by atoms with Crippen LogP contribution in [-0.4, -0.2) is 46.8 Å². The van der Waals surface area contributed by atoms with Crippen LogP contribution >= 0.6 is 11.8 Å². The van der Waals surface area contributed by atoms with Crippen molar-refractivity contribution >= 4 is 40.7 Å². The second-order valence-electron chi connectivity index (χ2n) is 7.06. The molecule has 0 spiro atoms. The number of nitro groups is 1. The largest absolute Gasteiger partial charge is 0.494 e. The molecule has 1 aliphatic heterocycles. The van der Waals surface area contributed by atoms with E-state index < -0.39 is 16.2 Å². The fraction of sp³-hybridized carbons (Fsp3) is 0.389. The van der Waals surface area contributed by atoms with E-state index in [4.69, 9.17) is 4.74 Å². The number of amides is 2. The van der Waals surface area contributed by atoms with Crippen molar-refractivity contribution in [3.63, 3.8) is 0 Å². The maximum atomic E-state index is 12.4. The second kappa shape index (κ2) is 8.42. The molecule has 2 amide bonds. The maximum Gasteiger partial charge on any atom is 0.273 e. The van der Waals surface area contributed by atoms with Crippen LogP contribution in [0, 0.1) is 15.5 Å². The first-order valence-corrected chi connectivity index (χ1v) is 9.33. The summed E-state index contributed by atoms with van der Waals surface area (Å²) in [5.74, 6) is -0.659. The van der Waals surface area contributed by atoms with Gasteiger partial charge in [-0.3, -0.25) is 29.4 Å². The molecule has 2 rings (SSSR count). The van der Waals surface area contributed by atoms with Gasteiger partial charge in [0, 0.05) is 17.6 Å². The molecule has 0 saturated carbocycles. The molecule has 9 nitrogen and oxygen atoms in total. The van der Waals surface area contributed by atoms with Crippen molar-refractivity contribution in [3.8, 4) is 5.75 Å². The summed E-state index contributed by atoms with van der Waals surface area (Å²) in [5.41, 5.74) is -0.528. The first-order chi connectivity index (χ1) is 13.0. The molecule has 1 aromatic carbocycles. The Kier molecular flexibility index (Phi) is 6.45. The topological polar surface area (TPSA) is 119 Å². The highest BCUT2D eigenvalue weighted by Gasteiger charge is 2.31. The van der Waals surface area contributed by atoms with Gasteiger partial charge in [0.1, 0.15) is 12.3 Å². The van der Waals surface area contributed by atoms with Crippen LogP contribution in [0.15, 0.2) is 29.3 Å². The van der Waals surface area contributed by atoms with E-state index in [2.05, 4.69) is 5.32 Å². The number of hydrogen-bond acceptors (Lipinski definition) is 7. The molecule has 0 atom stereocenters. The van der Waals surface area contributed by atoms with E-state index in [9.17, 15) is 24.5 Å². The number of ether oxygens (including phenoxy) is 1. The van der Waals surface area contributed by atoms with Gasteiger partial charge in [0.05, 0.1) is 34.6 Å². The van der Waals surface area contributed by atoms with Crippen LogP contribution in [0.4, 0.5) is 11.4 Å². The van der Waals surface area contributed by atoms with Crippen molar-refractivity contribution in [1.82, 2.24) is 4.90 Å². The average Bonchev–Trinajstić information content (AvgIpc) is 2.94. The maximum absolute atomic E-state index is 12.4. The third-order valence-electron chi connectivity index (χ3n) is 3.88. The van der Waals surface area contributed by atoms with Crippen LogP contribution in [0.1, 0.15) is 20.8 Å². The Morgan fingerprint density at radius 2 is 2.07 bits per heavy atom. The Labute approximate surface area is 166 Å². The molecular weight excluding hydrogens is 386 g/mol. The number of hydrogen-bond donors (Lipinski definition) is 1. The summed E-state index contributed by atoms with van der Waals surface area (Å²) in [5, 5.41) is 13.8. The molecule has 0 bridgehead atoms. The third kappa shape index (κ3) is 5.10. The van der Waals surface area contributed by atoms with E-state index in [1.807, 2.05) is 0 Å². The van der Waals surface area contributed by atoms with Crippen molar-refractivity contribution < 1.29 is 24.0 Å². The van der Waals surface area contributed by atoms with E-state index in [-0.39, 0.29) is 41.1 Å². The molecule has 1 N–H and O–H groups in total. The van der Waals surface area contributed by atoms with E-state index in [0.717, 1.165) is 0 Å². The first kappa shape index (κ1) is 21.4. The normalized spacial score (nSPS) is 15.6. The minimum atomic E-state index is -0.598. The summed E-state index contributed by atoms with van der Waals surface area (Å²) in [6.45, 7) is 5.03. The molecule has 1 aromatic rings. The van der Waals surface area contributed by atoms with Crippen molar-refractivity contribution in [1.29, 1.82) is 0 Å². The van der Waals surface area contributed by atoms with Crippen LogP contribution in [0.2, 0.25) is 0 Å². The fourth-order valence-electron chi connectivity index (χ4n) is 2.26.